The Labute approximate surface area is 142 Å². The zero-order valence-electron chi connectivity index (χ0n) is 16.0. The lowest BCUT2D eigenvalue weighted by atomic mass is 9.87. The predicted molar refractivity (Wildman–Crippen MR) is 98.0 cm³/mol. The molecule has 1 saturated heterocycles. The van der Waals surface area contributed by atoms with E-state index < -0.39 is 0 Å². The molecule has 134 valence electrons. The molecule has 0 amide bonds. The van der Waals surface area contributed by atoms with Gasteiger partial charge in [-0.15, -0.1) is 0 Å². The second-order valence-corrected chi connectivity index (χ2v) is 6.74. The third-order valence-electron chi connectivity index (χ3n) is 5.29. The molecule has 0 aliphatic carbocycles. The summed E-state index contributed by atoms with van der Waals surface area (Å²) in [6, 6.07) is 0.377. The highest BCUT2D eigenvalue weighted by molar-refractivity contribution is 5.58. The average Bonchev–Trinajstić information content (AvgIpc) is 3.02. The maximum Gasteiger partial charge on any atom is 0.0892 e. The molecule has 1 atom stereocenters. The van der Waals surface area contributed by atoms with Gasteiger partial charge in [-0.05, 0) is 38.5 Å². The lowest BCUT2D eigenvalue weighted by Crippen LogP contribution is -2.48. The number of allylic oxidation sites excluding steroid dienone is 1. The quantitative estimate of drug-likeness (QED) is 0.342. The summed E-state index contributed by atoms with van der Waals surface area (Å²) in [6.45, 7) is 13.2. The number of hydrazone groups is 1. The van der Waals surface area contributed by atoms with Gasteiger partial charge in [0.05, 0.1) is 31.1 Å². The van der Waals surface area contributed by atoms with Crippen LogP contribution in [0.4, 0.5) is 0 Å². The van der Waals surface area contributed by atoms with E-state index in [2.05, 4.69) is 50.8 Å². The summed E-state index contributed by atoms with van der Waals surface area (Å²) in [4.78, 5) is 0. The number of hydrogen-bond acceptors (Lipinski definition) is 4. The summed E-state index contributed by atoms with van der Waals surface area (Å²) in [7, 11) is 1.83. The van der Waals surface area contributed by atoms with E-state index in [-0.39, 0.29) is 5.60 Å². The van der Waals surface area contributed by atoms with Crippen molar-refractivity contribution in [2.75, 3.05) is 26.9 Å². The summed E-state index contributed by atoms with van der Waals surface area (Å²) >= 11 is 0. The molecule has 0 aromatic rings. The Morgan fingerprint density at radius 3 is 2.57 bits per heavy atom. The Kier molecular flexibility index (Phi) is 8.85. The summed E-state index contributed by atoms with van der Waals surface area (Å²) < 4.78 is 11.5. The Hall–Kier alpha value is -0.870. The van der Waals surface area contributed by atoms with Gasteiger partial charge in [-0.1, -0.05) is 39.3 Å². The lowest BCUT2D eigenvalue weighted by molar-refractivity contribution is -0.0731. The highest BCUT2D eigenvalue weighted by atomic mass is 16.5. The number of ether oxygens (including phenoxy) is 2. The van der Waals surface area contributed by atoms with Crippen LogP contribution in [0.25, 0.3) is 0 Å². The van der Waals surface area contributed by atoms with E-state index in [9.17, 15) is 0 Å². The van der Waals surface area contributed by atoms with Gasteiger partial charge in [0, 0.05) is 13.7 Å². The molecule has 0 bridgehead atoms. The normalized spacial score (nSPS) is 20.2. The third kappa shape index (κ3) is 5.61. The van der Waals surface area contributed by atoms with Gasteiger partial charge < -0.3 is 9.47 Å². The standard InChI is InChI=1S/C19H36N2O2/c1-7-19(8-2,22-6)18-10-9-13-21(18)20-12-15-23-14-11-17(5)16(3)4/h11-12,16,18H,7-10,13-15H2,1-6H3/b17-11+,20-12+/t18-/m0/s1. The van der Waals surface area contributed by atoms with Crippen LogP contribution in [0.3, 0.4) is 0 Å². The molecule has 0 unspecified atom stereocenters. The molecule has 0 spiro atoms. The first-order chi connectivity index (χ1) is 11.0. The molecule has 0 saturated carbocycles. The number of hydrogen-bond donors (Lipinski definition) is 0. The third-order valence-corrected chi connectivity index (χ3v) is 5.29. The van der Waals surface area contributed by atoms with Crippen molar-refractivity contribution in [2.45, 2.75) is 71.9 Å². The second-order valence-electron chi connectivity index (χ2n) is 6.74. The maximum absolute atomic E-state index is 5.89. The van der Waals surface area contributed by atoms with Crippen LogP contribution in [0.5, 0.6) is 0 Å². The minimum atomic E-state index is -0.0776. The highest BCUT2D eigenvalue weighted by Crippen LogP contribution is 2.34. The second kappa shape index (κ2) is 10.1. The Morgan fingerprint density at radius 1 is 1.30 bits per heavy atom. The first-order valence-corrected chi connectivity index (χ1v) is 9.09. The van der Waals surface area contributed by atoms with Gasteiger partial charge in [-0.2, -0.15) is 5.10 Å². The summed E-state index contributed by atoms with van der Waals surface area (Å²) in [5.41, 5.74) is 1.29. The fourth-order valence-electron chi connectivity index (χ4n) is 3.26. The minimum absolute atomic E-state index is 0.0776. The van der Waals surface area contributed by atoms with Crippen LogP contribution in [0.1, 0.15) is 60.3 Å². The fourth-order valence-corrected chi connectivity index (χ4v) is 3.26. The van der Waals surface area contributed by atoms with Crippen molar-refractivity contribution in [3.63, 3.8) is 0 Å². The predicted octanol–water partition coefficient (Wildman–Crippen LogP) is 4.26. The zero-order valence-corrected chi connectivity index (χ0v) is 16.0. The molecular weight excluding hydrogens is 288 g/mol. The molecule has 0 N–H and O–H groups in total. The van der Waals surface area contributed by atoms with Crippen LogP contribution < -0.4 is 0 Å². The zero-order chi connectivity index (χ0) is 17.3. The van der Waals surface area contributed by atoms with Crippen LogP contribution in [-0.2, 0) is 9.47 Å². The van der Waals surface area contributed by atoms with Crippen molar-refractivity contribution >= 4 is 6.21 Å². The van der Waals surface area contributed by atoms with Crippen LogP contribution >= 0.6 is 0 Å². The largest absolute Gasteiger partial charge is 0.376 e. The Balaban J connectivity index is 2.48. The molecule has 23 heavy (non-hydrogen) atoms. The van der Waals surface area contributed by atoms with Gasteiger partial charge in [0.15, 0.2) is 0 Å². The topological polar surface area (TPSA) is 34.1 Å². The summed E-state index contributed by atoms with van der Waals surface area (Å²) in [5.74, 6) is 0.586. The fraction of sp³-hybridized carbons (Fsp3) is 0.842. The van der Waals surface area contributed by atoms with Crippen LogP contribution in [-0.4, -0.2) is 49.7 Å². The first-order valence-electron chi connectivity index (χ1n) is 9.09. The maximum atomic E-state index is 5.89. The van der Waals surface area contributed by atoms with E-state index in [0.29, 0.717) is 25.2 Å². The molecule has 0 aromatic heterocycles. The van der Waals surface area contributed by atoms with Gasteiger partial charge in [-0.3, -0.25) is 5.01 Å². The monoisotopic (exact) mass is 324 g/mol. The van der Waals surface area contributed by atoms with Crippen molar-refractivity contribution in [2.24, 2.45) is 11.0 Å². The Bertz CT molecular complexity index is 379. The molecule has 0 radical (unpaired) electrons. The van der Waals surface area contributed by atoms with Gasteiger partial charge >= 0.3 is 0 Å². The van der Waals surface area contributed by atoms with E-state index in [1.165, 1.54) is 12.0 Å². The molecule has 1 fully saturated rings. The molecule has 0 aromatic carbocycles. The van der Waals surface area contributed by atoms with Crippen molar-refractivity contribution < 1.29 is 9.47 Å². The summed E-state index contributed by atoms with van der Waals surface area (Å²) in [6.07, 6.45) is 8.43. The van der Waals surface area contributed by atoms with E-state index in [0.717, 1.165) is 25.8 Å². The van der Waals surface area contributed by atoms with E-state index in [1.807, 2.05) is 13.3 Å². The van der Waals surface area contributed by atoms with Crippen LogP contribution in [0.2, 0.25) is 0 Å². The van der Waals surface area contributed by atoms with Crippen molar-refractivity contribution in [1.29, 1.82) is 0 Å². The molecule has 1 aliphatic heterocycles. The number of methoxy groups -OCH3 is 1. The van der Waals surface area contributed by atoms with Crippen molar-refractivity contribution in [1.82, 2.24) is 5.01 Å². The lowest BCUT2D eigenvalue weighted by Gasteiger charge is -2.39. The van der Waals surface area contributed by atoms with E-state index in [4.69, 9.17) is 9.47 Å². The molecule has 1 rings (SSSR count). The average molecular weight is 325 g/mol. The van der Waals surface area contributed by atoms with E-state index in [1.54, 1.807) is 0 Å². The summed E-state index contributed by atoms with van der Waals surface area (Å²) in [5, 5.41) is 6.85. The molecular formula is C19H36N2O2. The van der Waals surface area contributed by atoms with Crippen LogP contribution in [0, 0.1) is 5.92 Å². The van der Waals surface area contributed by atoms with Crippen LogP contribution in [0.15, 0.2) is 16.8 Å². The first kappa shape index (κ1) is 20.2. The smallest absolute Gasteiger partial charge is 0.0892 e. The molecule has 1 aliphatic rings. The number of rotatable bonds is 10. The Morgan fingerprint density at radius 2 is 2.00 bits per heavy atom. The van der Waals surface area contributed by atoms with E-state index >= 15 is 0 Å². The van der Waals surface area contributed by atoms with Gasteiger partial charge in [-0.25, -0.2) is 0 Å². The number of nitrogens with zero attached hydrogens (tertiary/aromatic N) is 2. The molecule has 4 heteroatoms. The SMILES string of the molecule is CCC(CC)(OC)[C@@H]1CCCN1/N=C/COC/C=C(\C)C(C)C. The highest BCUT2D eigenvalue weighted by Gasteiger charge is 2.41. The van der Waals surface area contributed by atoms with Gasteiger partial charge in [0.25, 0.3) is 0 Å². The van der Waals surface area contributed by atoms with Crippen molar-refractivity contribution in [3.8, 4) is 0 Å². The van der Waals surface area contributed by atoms with Crippen molar-refractivity contribution in [3.05, 3.63) is 11.6 Å². The molecule has 4 nitrogen and oxygen atoms in total. The molecule has 1 heterocycles. The van der Waals surface area contributed by atoms with Gasteiger partial charge in [0.1, 0.15) is 0 Å². The van der Waals surface area contributed by atoms with Gasteiger partial charge in [0.2, 0.25) is 0 Å². The minimum Gasteiger partial charge on any atom is -0.376 e.